The van der Waals surface area contributed by atoms with E-state index in [4.69, 9.17) is 13.9 Å². The maximum atomic E-state index is 5.43. The van der Waals surface area contributed by atoms with Crippen LogP contribution < -0.4 is 9.47 Å². The number of benzene rings is 1. The van der Waals surface area contributed by atoms with Gasteiger partial charge in [-0.25, -0.2) is 4.68 Å². The van der Waals surface area contributed by atoms with Crippen LogP contribution in [0.25, 0.3) is 11.3 Å². The van der Waals surface area contributed by atoms with E-state index in [9.17, 15) is 0 Å². The number of aromatic nitrogens is 5. The van der Waals surface area contributed by atoms with Gasteiger partial charge in [-0.2, -0.15) is 0 Å². The molecule has 120 valence electrons. The monoisotopic (exact) mass is 315 g/mol. The van der Waals surface area contributed by atoms with Gasteiger partial charge in [0.2, 0.25) is 11.8 Å². The molecule has 2 aromatic heterocycles. The number of nitrogens with zero attached hydrogens (tertiary/aromatic N) is 5. The summed E-state index contributed by atoms with van der Waals surface area (Å²) in [7, 11) is 3.19. The molecule has 0 saturated heterocycles. The van der Waals surface area contributed by atoms with Gasteiger partial charge in [0, 0.05) is 12.5 Å². The molecule has 8 heteroatoms. The third-order valence-electron chi connectivity index (χ3n) is 3.49. The summed E-state index contributed by atoms with van der Waals surface area (Å²) in [4.78, 5) is 0. The second-order valence-electron chi connectivity index (χ2n) is 4.99. The van der Waals surface area contributed by atoms with Gasteiger partial charge in [0.05, 0.1) is 20.4 Å². The largest absolute Gasteiger partial charge is 0.493 e. The minimum Gasteiger partial charge on any atom is -0.493 e. The molecule has 0 amide bonds. The molecule has 1 atom stereocenters. The molecule has 0 bridgehead atoms. The predicted molar refractivity (Wildman–Crippen MR) is 81.4 cm³/mol. The molecule has 0 radical (unpaired) electrons. The molecule has 0 aliphatic carbocycles. The van der Waals surface area contributed by atoms with Crippen molar-refractivity contribution in [1.29, 1.82) is 0 Å². The minimum absolute atomic E-state index is 0.197. The Morgan fingerprint density at radius 1 is 1.09 bits per heavy atom. The summed E-state index contributed by atoms with van der Waals surface area (Å²) in [5.41, 5.74) is 1.59. The lowest BCUT2D eigenvalue weighted by Gasteiger charge is -2.08. The van der Waals surface area contributed by atoms with Crippen molar-refractivity contribution in [1.82, 2.24) is 25.2 Å². The van der Waals surface area contributed by atoms with Crippen LogP contribution >= 0.6 is 0 Å². The Morgan fingerprint density at radius 2 is 1.87 bits per heavy atom. The minimum atomic E-state index is -0.197. The summed E-state index contributed by atoms with van der Waals surface area (Å²) in [6.45, 7) is 3.67. The summed E-state index contributed by atoms with van der Waals surface area (Å²) in [6.07, 6.45) is 1.82. The zero-order chi connectivity index (χ0) is 16.4. The molecular weight excluding hydrogens is 298 g/mol. The van der Waals surface area contributed by atoms with Crippen molar-refractivity contribution in [3.05, 3.63) is 36.2 Å². The van der Waals surface area contributed by atoms with Gasteiger partial charge in [-0.05, 0) is 25.1 Å². The van der Waals surface area contributed by atoms with Crippen LogP contribution in [0.1, 0.15) is 24.7 Å². The Balaban J connectivity index is 1.90. The second-order valence-corrected chi connectivity index (χ2v) is 4.99. The van der Waals surface area contributed by atoms with E-state index in [0.717, 1.165) is 5.56 Å². The molecular formula is C15H17N5O3. The Labute approximate surface area is 133 Å². The molecule has 1 unspecified atom stereocenters. The lowest BCUT2D eigenvalue weighted by molar-refractivity contribution is 0.355. The Morgan fingerprint density at radius 3 is 2.52 bits per heavy atom. The van der Waals surface area contributed by atoms with Crippen molar-refractivity contribution in [2.75, 3.05) is 14.2 Å². The first-order chi connectivity index (χ1) is 11.1. The summed E-state index contributed by atoms with van der Waals surface area (Å²) in [5.74, 6) is 2.32. The Bertz CT molecular complexity index is 811. The molecule has 3 rings (SSSR count). The lowest BCUT2D eigenvalue weighted by Crippen LogP contribution is -2.07. The van der Waals surface area contributed by atoms with E-state index in [0.29, 0.717) is 29.0 Å². The maximum absolute atomic E-state index is 5.43. The van der Waals surface area contributed by atoms with Gasteiger partial charge in [-0.1, -0.05) is 5.21 Å². The van der Waals surface area contributed by atoms with Crippen LogP contribution in [0, 0.1) is 6.92 Å². The molecule has 0 N–H and O–H groups in total. The molecule has 0 aliphatic rings. The Hall–Kier alpha value is -2.90. The third kappa shape index (κ3) is 2.87. The first-order valence-electron chi connectivity index (χ1n) is 7.06. The van der Waals surface area contributed by atoms with Crippen LogP contribution in [-0.4, -0.2) is 39.4 Å². The number of methoxy groups -OCH3 is 2. The highest BCUT2D eigenvalue weighted by molar-refractivity contribution is 5.63. The van der Waals surface area contributed by atoms with E-state index in [2.05, 4.69) is 20.5 Å². The summed E-state index contributed by atoms with van der Waals surface area (Å²) in [6, 6.07) is 5.39. The van der Waals surface area contributed by atoms with Crippen molar-refractivity contribution >= 4 is 0 Å². The average Bonchev–Trinajstić information content (AvgIpc) is 3.22. The van der Waals surface area contributed by atoms with Gasteiger partial charge in [-0.3, -0.25) is 0 Å². The topological polar surface area (TPSA) is 88.1 Å². The standard InChI is InChI=1S/C15H17N5O3/c1-9(15-18-16-10(2)23-15)20-8-12(17-19-20)11-5-6-13(21-3)14(7-11)22-4/h5-9H,1-4H3. The first kappa shape index (κ1) is 15.0. The third-order valence-corrected chi connectivity index (χ3v) is 3.49. The van der Waals surface area contributed by atoms with Crippen LogP contribution in [0.15, 0.2) is 28.8 Å². The van der Waals surface area contributed by atoms with Gasteiger partial charge in [0.1, 0.15) is 11.7 Å². The quantitative estimate of drug-likeness (QED) is 0.713. The SMILES string of the molecule is COc1ccc(-c2cn(C(C)c3nnc(C)o3)nn2)cc1OC. The van der Waals surface area contributed by atoms with Crippen LogP contribution in [0.2, 0.25) is 0 Å². The summed E-state index contributed by atoms with van der Waals surface area (Å²) in [5, 5.41) is 16.2. The normalized spacial score (nSPS) is 12.2. The number of hydrogen-bond donors (Lipinski definition) is 0. The van der Waals surface area contributed by atoms with Gasteiger partial charge in [0.25, 0.3) is 0 Å². The fourth-order valence-corrected chi connectivity index (χ4v) is 2.19. The number of hydrogen-bond acceptors (Lipinski definition) is 7. The molecule has 0 spiro atoms. The highest BCUT2D eigenvalue weighted by atomic mass is 16.5. The number of rotatable bonds is 5. The molecule has 3 aromatic rings. The molecule has 23 heavy (non-hydrogen) atoms. The average molecular weight is 315 g/mol. The fourth-order valence-electron chi connectivity index (χ4n) is 2.19. The second kappa shape index (κ2) is 6.07. The molecule has 0 aliphatic heterocycles. The van der Waals surface area contributed by atoms with E-state index in [1.54, 1.807) is 25.8 Å². The predicted octanol–water partition coefficient (Wildman–Crippen LogP) is 2.26. The van der Waals surface area contributed by atoms with Crippen molar-refractivity contribution < 1.29 is 13.9 Å². The van der Waals surface area contributed by atoms with Gasteiger partial charge in [-0.15, -0.1) is 15.3 Å². The molecule has 2 heterocycles. The van der Waals surface area contributed by atoms with Crippen molar-refractivity contribution in [2.45, 2.75) is 19.9 Å². The number of ether oxygens (including phenoxy) is 2. The van der Waals surface area contributed by atoms with Crippen LogP contribution in [0.4, 0.5) is 0 Å². The van der Waals surface area contributed by atoms with E-state index in [1.807, 2.05) is 31.3 Å². The van der Waals surface area contributed by atoms with Gasteiger partial charge >= 0.3 is 0 Å². The molecule has 0 fully saturated rings. The Kier molecular flexibility index (Phi) is 3.96. The number of aryl methyl sites for hydroxylation is 1. The highest BCUT2D eigenvalue weighted by Gasteiger charge is 2.17. The summed E-state index contributed by atoms with van der Waals surface area (Å²) < 4.78 is 17.7. The van der Waals surface area contributed by atoms with E-state index < -0.39 is 0 Å². The molecule has 8 nitrogen and oxygen atoms in total. The zero-order valence-corrected chi connectivity index (χ0v) is 13.3. The smallest absolute Gasteiger partial charge is 0.240 e. The van der Waals surface area contributed by atoms with E-state index in [-0.39, 0.29) is 6.04 Å². The maximum Gasteiger partial charge on any atom is 0.240 e. The highest BCUT2D eigenvalue weighted by Crippen LogP contribution is 2.31. The van der Waals surface area contributed by atoms with Crippen LogP contribution in [-0.2, 0) is 0 Å². The molecule has 1 aromatic carbocycles. The zero-order valence-electron chi connectivity index (χ0n) is 13.3. The van der Waals surface area contributed by atoms with Crippen molar-refractivity contribution in [3.63, 3.8) is 0 Å². The van der Waals surface area contributed by atoms with Crippen molar-refractivity contribution in [2.24, 2.45) is 0 Å². The van der Waals surface area contributed by atoms with E-state index in [1.165, 1.54) is 0 Å². The van der Waals surface area contributed by atoms with Gasteiger partial charge in [0.15, 0.2) is 11.5 Å². The van der Waals surface area contributed by atoms with Gasteiger partial charge < -0.3 is 13.9 Å². The van der Waals surface area contributed by atoms with Crippen molar-refractivity contribution in [3.8, 4) is 22.8 Å². The molecule has 0 saturated carbocycles. The van der Waals surface area contributed by atoms with Crippen LogP contribution in [0.5, 0.6) is 11.5 Å². The van der Waals surface area contributed by atoms with Crippen LogP contribution in [0.3, 0.4) is 0 Å². The summed E-state index contributed by atoms with van der Waals surface area (Å²) >= 11 is 0. The lowest BCUT2D eigenvalue weighted by atomic mass is 10.1. The van der Waals surface area contributed by atoms with E-state index >= 15 is 0 Å². The fraction of sp³-hybridized carbons (Fsp3) is 0.333. The first-order valence-corrected chi connectivity index (χ1v) is 7.06.